The maximum absolute atomic E-state index is 6.06. The third kappa shape index (κ3) is 1.78. The van der Waals surface area contributed by atoms with Gasteiger partial charge in [0.2, 0.25) is 0 Å². The Bertz CT molecular complexity index is 628. The van der Waals surface area contributed by atoms with Crippen LogP contribution in [0.15, 0.2) is 18.5 Å². The van der Waals surface area contributed by atoms with Gasteiger partial charge in [0, 0.05) is 0 Å². The zero-order valence-corrected chi connectivity index (χ0v) is 10.9. The van der Waals surface area contributed by atoms with Crippen molar-refractivity contribution in [2.45, 2.75) is 20.5 Å². The molecule has 4 nitrogen and oxygen atoms in total. The Morgan fingerprint density at radius 2 is 2.11 bits per heavy atom. The first kappa shape index (κ1) is 11.3. The van der Waals surface area contributed by atoms with Gasteiger partial charge in [-0.1, -0.05) is 17.7 Å². The SMILES string of the molecule is Cc1cc(C)c2c(c1)Nc1ncnc(Cl)c1CO2. The summed E-state index contributed by atoms with van der Waals surface area (Å²) in [6.07, 6.45) is 1.45. The molecule has 3 rings (SSSR count). The van der Waals surface area contributed by atoms with Crippen molar-refractivity contribution in [3.8, 4) is 5.75 Å². The standard InChI is InChI=1S/C13H12ClN3O/c1-7-3-8(2)11-10(4-7)17-13-9(5-18-11)12(14)15-6-16-13/h3-4,6H,5H2,1-2H3,(H,15,16,17). The van der Waals surface area contributed by atoms with Crippen LogP contribution in [-0.2, 0) is 6.61 Å². The summed E-state index contributed by atoms with van der Waals surface area (Å²) in [5, 5.41) is 3.69. The van der Waals surface area contributed by atoms with E-state index in [-0.39, 0.29) is 0 Å². The van der Waals surface area contributed by atoms with Crippen LogP contribution in [0.5, 0.6) is 5.75 Å². The van der Waals surface area contributed by atoms with E-state index in [9.17, 15) is 0 Å². The molecular formula is C13H12ClN3O. The highest BCUT2D eigenvalue weighted by Crippen LogP contribution is 2.37. The number of rotatable bonds is 0. The number of anilines is 2. The zero-order chi connectivity index (χ0) is 12.7. The normalized spacial score (nSPS) is 12.8. The van der Waals surface area contributed by atoms with Gasteiger partial charge in [0.1, 0.15) is 29.7 Å². The summed E-state index contributed by atoms with van der Waals surface area (Å²) in [6, 6.07) is 4.12. The second-order valence-electron chi connectivity index (χ2n) is 4.36. The van der Waals surface area contributed by atoms with Gasteiger partial charge in [0.25, 0.3) is 0 Å². The van der Waals surface area contributed by atoms with Crippen LogP contribution in [0.25, 0.3) is 0 Å². The van der Waals surface area contributed by atoms with E-state index in [1.165, 1.54) is 11.9 Å². The van der Waals surface area contributed by atoms with Gasteiger partial charge < -0.3 is 10.1 Å². The molecular weight excluding hydrogens is 250 g/mol. The zero-order valence-electron chi connectivity index (χ0n) is 10.1. The molecule has 0 spiro atoms. The molecule has 1 aromatic carbocycles. The van der Waals surface area contributed by atoms with E-state index >= 15 is 0 Å². The largest absolute Gasteiger partial charge is 0.486 e. The van der Waals surface area contributed by atoms with Crippen molar-refractivity contribution in [1.82, 2.24) is 9.97 Å². The lowest BCUT2D eigenvalue weighted by Crippen LogP contribution is -1.99. The third-order valence-electron chi connectivity index (χ3n) is 2.93. The van der Waals surface area contributed by atoms with Gasteiger partial charge in [-0.05, 0) is 31.0 Å². The van der Waals surface area contributed by atoms with Crippen molar-refractivity contribution in [2.75, 3.05) is 5.32 Å². The number of nitrogens with zero attached hydrogens (tertiary/aromatic N) is 2. The van der Waals surface area contributed by atoms with E-state index in [0.717, 1.165) is 22.6 Å². The lowest BCUT2D eigenvalue weighted by Gasteiger charge is -2.11. The maximum atomic E-state index is 6.06. The van der Waals surface area contributed by atoms with Crippen LogP contribution in [0.1, 0.15) is 16.7 Å². The fourth-order valence-electron chi connectivity index (χ4n) is 2.14. The molecule has 0 amide bonds. The maximum Gasteiger partial charge on any atom is 0.146 e. The second kappa shape index (κ2) is 4.14. The first-order valence-corrected chi connectivity index (χ1v) is 6.03. The Hall–Kier alpha value is -1.81. The highest BCUT2D eigenvalue weighted by atomic mass is 35.5. The molecule has 0 fully saturated rings. The quantitative estimate of drug-likeness (QED) is 0.739. The van der Waals surface area contributed by atoms with Crippen LogP contribution in [0.3, 0.4) is 0 Å². The van der Waals surface area contributed by atoms with Crippen molar-refractivity contribution >= 4 is 23.1 Å². The third-order valence-corrected chi connectivity index (χ3v) is 3.25. The van der Waals surface area contributed by atoms with Gasteiger partial charge in [-0.3, -0.25) is 0 Å². The smallest absolute Gasteiger partial charge is 0.146 e. The van der Waals surface area contributed by atoms with E-state index in [0.29, 0.717) is 17.6 Å². The molecule has 0 bridgehead atoms. The summed E-state index contributed by atoms with van der Waals surface area (Å²) < 4.78 is 5.81. The second-order valence-corrected chi connectivity index (χ2v) is 4.72. The van der Waals surface area contributed by atoms with Crippen molar-refractivity contribution in [2.24, 2.45) is 0 Å². The van der Waals surface area contributed by atoms with E-state index in [4.69, 9.17) is 16.3 Å². The fourth-order valence-corrected chi connectivity index (χ4v) is 2.32. The summed E-state index contributed by atoms with van der Waals surface area (Å²) in [5.41, 5.74) is 3.97. The summed E-state index contributed by atoms with van der Waals surface area (Å²) in [6.45, 7) is 4.45. The van der Waals surface area contributed by atoms with E-state index < -0.39 is 0 Å². The highest BCUT2D eigenvalue weighted by Gasteiger charge is 2.19. The van der Waals surface area contributed by atoms with Crippen molar-refractivity contribution in [3.05, 3.63) is 40.3 Å². The van der Waals surface area contributed by atoms with Gasteiger partial charge in [-0.15, -0.1) is 0 Å². The molecule has 1 aliphatic heterocycles. The molecule has 0 radical (unpaired) electrons. The number of fused-ring (bicyclic) bond motifs is 2. The summed E-state index contributed by atoms with van der Waals surface area (Å²) in [5.74, 6) is 1.55. The molecule has 0 atom stereocenters. The van der Waals surface area contributed by atoms with E-state index in [2.05, 4.69) is 21.4 Å². The summed E-state index contributed by atoms with van der Waals surface area (Å²) >= 11 is 6.06. The lowest BCUT2D eigenvalue weighted by molar-refractivity contribution is 0.308. The molecule has 92 valence electrons. The van der Waals surface area contributed by atoms with Crippen LogP contribution in [0.2, 0.25) is 5.15 Å². The minimum absolute atomic E-state index is 0.374. The van der Waals surface area contributed by atoms with Gasteiger partial charge in [-0.2, -0.15) is 0 Å². The van der Waals surface area contributed by atoms with Crippen molar-refractivity contribution in [1.29, 1.82) is 0 Å². The predicted octanol–water partition coefficient (Wildman–Crippen LogP) is 3.38. The number of hydrogen-bond acceptors (Lipinski definition) is 4. The number of aryl methyl sites for hydroxylation is 2. The fraction of sp³-hybridized carbons (Fsp3) is 0.231. The molecule has 1 aromatic heterocycles. The van der Waals surface area contributed by atoms with Crippen molar-refractivity contribution < 1.29 is 4.74 Å². The molecule has 0 saturated heterocycles. The highest BCUT2D eigenvalue weighted by molar-refractivity contribution is 6.30. The number of ether oxygens (including phenoxy) is 1. The van der Waals surface area contributed by atoms with Gasteiger partial charge in [0.15, 0.2) is 0 Å². The van der Waals surface area contributed by atoms with Crippen LogP contribution < -0.4 is 10.1 Å². The Morgan fingerprint density at radius 1 is 1.28 bits per heavy atom. The minimum atomic E-state index is 0.374. The van der Waals surface area contributed by atoms with Crippen LogP contribution >= 0.6 is 11.6 Å². The molecule has 5 heteroatoms. The lowest BCUT2D eigenvalue weighted by atomic mass is 10.1. The summed E-state index contributed by atoms with van der Waals surface area (Å²) in [4.78, 5) is 8.18. The predicted molar refractivity (Wildman–Crippen MR) is 70.6 cm³/mol. The molecule has 1 N–H and O–H groups in total. The van der Waals surface area contributed by atoms with Crippen LogP contribution in [-0.4, -0.2) is 9.97 Å². The number of nitrogens with one attached hydrogen (secondary N) is 1. The van der Waals surface area contributed by atoms with Crippen LogP contribution in [0.4, 0.5) is 11.5 Å². The molecule has 2 heterocycles. The topological polar surface area (TPSA) is 47.0 Å². The number of hydrogen-bond donors (Lipinski definition) is 1. The summed E-state index contributed by atoms with van der Waals surface area (Å²) in [7, 11) is 0. The molecule has 2 aromatic rings. The van der Waals surface area contributed by atoms with Crippen molar-refractivity contribution in [3.63, 3.8) is 0 Å². The Labute approximate surface area is 110 Å². The first-order valence-electron chi connectivity index (χ1n) is 5.65. The first-order chi connectivity index (χ1) is 8.65. The van der Waals surface area contributed by atoms with Gasteiger partial charge in [0.05, 0.1) is 11.3 Å². The van der Waals surface area contributed by atoms with Gasteiger partial charge in [-0.25, -0.2) is 9.97 Å². The van der Waals surface area contributed by atoms with E-state index in [1.54, 1.807) is 0 Å². The Balaban J connectivity index is 2.15. The average molecular weight is 262 g/mol. The number of aromatic nitrogens is 2. The molecule has 0 aliphatic carbocycles. The number of benzene rings is 1. The molecule has 1 aliphatic rings. The molecule has 0 unspecified atom stereocenters. The van der Waals surface area contributed by atoms with Crippen LogP contribution in [0, 0.1) is 13.8 Å². The van der Waals surface area contributed by atoms with Gasteiger partial charge >= 0.3 is 0 Å². The Kier molecular flexibility index (Phi) is 2.59. The molecule has 0 saturated carbocycles. The minimum Gasteiger partial charge on any atom is -0.486 e. The monoisotopic (exact) mass is 261 g/mol. The Morgan fingerprint density at radius 3 is 2.94 bits per heavy atom. The average Bonchev–Trinajstić information content (AvgIpc) is 2.48. The van der Waals surface area contributed by atoms with E-state index in [1.807, 2.05) is 19.9 Å². The number of halogens is 1. The molecule has 18 heavy (non-hydrogen) atoms.